The van der Waals surface area contributed by atoms with Crippen LogP contribution in [0.3, 0.4) is 0 Å². The van der Waals surface area contributed by atoms with Crippen LogP contribution in [0.4, 0.5) is 0 Å². The molecule has 0 spiro atoms. The standard InChI is InChI=1S/C64H90O3/c1-36-25-38(3)48(40(5)46(36)27-42-29-50(59(7,8)9)56(65)51(30-42)60(10,11)12)34-44-33-45(55(64(22,23)24)58(67)54(44)63(19,20)21)35-49-39(4)26-37(2)47(41(49)6)28-43-31-52(61(13,14)15)57(66)53(32-43)62(16,17)18/h25-26,29-33,65-67H,27-28,34-35H2,1-24H3. The molecule has 0 fully saturated rings. The molecule has 364 valence electrons. The van der Waals surface area contributed by atoms with Crippen molar-refractivity contribution >= 4 is 0 Å². The Bertz CT molecular complexity index is 2440. The highest BCUT2D eigenvalue weighted by atomic mass is 16.3. The second-order valence-electron chi connectivity index (χ2n) is 26.8. The van der Waals surface area contributed by atoms with E-state index in [9.17, 15) is 15.3 Å². The Morgan fingerprint density at radius 2 is 0.537 bits per heavy atom. The number of benzene rings is 5. The van der Waals surface area contributed by atoms with Crippen molar-refractivity contribution in [3.05, 3.63) is 154 Å². The lowest BCUT2D eigenvalue weighted by Crippen LogP contribution is -2.22. The topological polar surface area (TPSA) is 60.7 Å². The van der Waals surface area contributed by atoms with Gasteiger partial charge in [-0.1, -0.05) is 167 Å². The van der Waals surface area contributed by atoms with Gasteiger partial charge in [-0.05, 0) is 200 Å². The fraction of sp³-hybridized carbons (Fsp3) is 0.531. The third-order valence-corrected chi connectivity index (χ3v) is 14.6. The number of hydrogen-bond donors (Lipinski definition) is 3. The third kappa shape index (κ3) is 11.2. The first kappa shape index (κ1) is 53.5. The zero-order valence-corrected chi connectivity index (χ0v) is 46.7. The molecule has 0 saturated heterocycles. The zero-order valence-electron chi connectivity index (χ0n) is 46.7. The summed E-state index contributed by atoms with van der Waals surface area (Å²) in [6, 6.07) is 16.1. The molecular weight excluding hydrogens is 817 g/mol. The maximum absolute atomic E-state index is 12.8. The van der Waals surface area contributed by atoms with Gasteiger partial charge >= 0.3 is 0 Å². The number of hydrogen-bond acceptors (Lipinski definition) is 3. The lowest BCUT2D eigenvalue weighted by Gasteiger charge is -2.33. The van der Waals surface area contributed by atoms with Crippen LogP contribution in [0.5, 0.6) is 17.2 Å². The van der Waals surface area contributed by atoms with Crippen LogP contribution in [0.1, 0.15) is 236 Å². The summed E-state index contributed by atoms with van der Waals surface area (Å²) in [5, 5.41) is 35.9. The van der Waals surface area contributed by atoms with E-state index < -0.39 is 0 Å². The summed E-state index contributed by atoms with van der Waals surface area (Å²) >= 11 is 0. The molecular formula is C64H90O3. The van der Waals surface area contributed by atoms with E-state index in [4.69, 9.17) is 0 Å². The van der Waals surface area contributed by atoms with Crippen LogP contribution in [0.25, 0.3) is 0 Å². The minimum atomic E-state index is -0.309. The number of aryl methyl sites for hydroxylation is 4. The lowest BCUT2D eigenvalue weighted by molar-refractivity contribution is 0.419. The normalized spacial score (nSPS) is 13.2. The zero-order chi connectivity index (χ0) is 51.1. The molecule has 5 rings (SSSR count). The van der Waals surface area contributed by atoms with E-state index in [2.05, 4.69) is 209 Å². The van der Waals surface area contributed by atoms with E-state index >= 15 is 0 Å². The van der Waals surface area contributed by atoms with Gasteiger partial charge in [0.15, 0.2) is 0 Å². The minimum absolute atomic E-state index is 0.207. The SMILES string of the molecule is Cc1cc(C)c(Cc2cc(Cc3c(C)cc(C)c(Cc4cc(C(C)(C)C)c(O)c(C(C)(C)C)c4)c3C)c(C(C)(C)C)c(O)c2C(C)(C)C)c(C)c1Cc1cc(C(C)(C)C)c(O)c(C(C)(C)C)c1. The van der Waals surface area contributed by atoms with Crippen LogP contribution in [-0.4, -0.2) is 15.3 Å². The molecule has 0 atom stereocenters. The molecule has 3 heteroatoms. The van der Waals surface area contributed by atoms with Crippen LogP contribution < -0.4 is 0 Å². The van der Waals surface area contributed by atoms with E-state index in [1.54, 1.807) is 0 Å². The van der Waals surface area contributed by atoms with Crippen LogP contribution in [0, 0.1) is 41.5 Å². The second-order valence-corrected chi connectivity index (χ2v) is 26.8. The van der Waals surface area contributed by atoms with Gasteiger partial charge in [-0.2, -0.15) is 0 Å². The molecule has 0 aromatic heterocycles. The quantitative estimate of drug-likeness (QED) is 0.145. The van der Waals surface area contributed by atoms with Crippen molar-refractivity contribution in [1.29, 1.82) is 0 Å². The highest BCUT2D eigenvalue weighted by Crippen LogP contribution is 2.47. The average Bonchev–Trinajstić information content (AvgIpc) is 3.13. The Labute approximate surface area is 408 Å². The summed E-state index contributed by atoms with van der Waals surface area (Å²) in [5.74, 6) is 1.26. The van der Waals surface area contributed by atoms with E-state index in [-0.39, 0.29) is 32.5 Å². The van der Waals surface area contributed by atoms with Gasteiger partial charge in [0.25, 0.3) is 0 Å². The fourth-order valence-corrected chi connectivity index (χ4v) is 11.0. The fourth-order valence-electron chi connectivity index (χ4n) is 11.0. The maximum Gasteiger partial charge on any atom is 0.123 e. The van der Waals surface area contributed by atoms with Gasteiger partial charge in [-0.15, -0.1) is 0 Å². The smallest absolute Gasteiger partial charge is 0.123 e. The molecule has 0 heterocycles. The molecule has 0 radical (unpaired) electrons. The van der Waals surface area contributed by atoms with Crippen LogP contribution in [0.2, 0.25) is 0 Å². The monoisotopic (exact) mass is 907 g/mol. The molecule has 3 nitrogen and oxygen atoms in total. The van der Waals surface area contributed by atoms with Gasteiger partial charge in [0.05, 0.1) is 0 Å². The third-order valence-electron chi connectivity index (χ3n) is 14.6. The summed E-state index contributed by atoms with van der Waals surface area (Å²) in [7, 11) is 0. The lowest BCUT2D eigenvalue weighted by atomic mass is 9.72. The van der Waals surface area contributed by atoms with Crippen molar-refractivity contribution in [2.45, 2.75) is 224 Å². The number of phenolic OH excluding ortho intramolecular Hbond substituents is 3. The summed E-state index contributed by atoms with van der Waals surface area (Å²) in [6.07, 6.45) is 2.97. The first-order valence-corrected chi connectivity index (χ1v) is 25.0. The molecule has 0 aliphatic heterocycles. The molecule has 5 aromatic rings. The predicted molar refractivity (Wildman–Crippen MR) is 289 cm³/mol. The van der Waals surface area contributed by atoms with Crippen molar-refractivity contribution < 1.29 is 15.3 Å². The molecule has 0 aliphatic carbocycles. The van der Waals surface area contributed by atoms with Crippen molar-refractivity contribution in [3.8, 4) is 17.2 Å². The molecule has 0 unspecified atom stereocenters. The first-order chi connectivity index (χ1) is 30.2. The number of phenols is 3. The molecule has 0 amide bonds. The van der Waals surface area contributed by atoms with Crippen LogP contribution in [-0.2, 0) is 58.2 Å². The van der Waals surface area contributed by atoms with E-state index in [1.807, 2.05) is 0 Å². The Balaban J connectivity index is 1.71. The van der Waals surface area contributed by atoms with Crippen molar-refractivity contribution in [1.82, 2.24) is 0 Å². The van der Waals surface area contributed by atoms with Gasteiger partial charge in [0.2, 0.25) is 0 Å². The maximum atomic E-state index is 12.8. The molecule has 67 heavy (non-hydrogen) atoms. The summed E-state index contributed by atoms with van der Waals surface area (Å²) in [4.78, 5) is 0. The highest BCUT2D eigenvalue weighted by molar-refractivity contribution is 5.61. The van der Waals surface area contributed by atoms with Crippen LogP contribution in [0.15, 0.2) is 42.5 Å². The summed E-state index contributed by atoms with van der Waals surface area (Å²) < 4.78 is 0. The molecule has 0 saturated carbocycles. The van der Waals surface area contributed by atoms with Gasteiger partial charge in [-0.3, -0.25) is 0 Å². The van der Waals surface area contributed by atoms with E-state index in [1.165, 1.54) is 77.9 Å². The van der Waals surface area contributed by atoms with Crippen molar-refractivity contribution in [2.24, 2.45) is 0 Å². The van der Waals surface area contributed by atoms with E-state index in [0.29, 0.717) is 30.1 Å². The van der Waals surface area contributed by atoms with Crippen molar-refractivity contribution in [2.75, 3.05) is 0 Å². The van der Waals surface area contributed by atoms with Gasteiger partial charge < -0.3 is 15.3 Å². The van der Waals surface area contributed by atoms with Crippen molar-refractivity contribution in [3.63, 3.8) is 0 Å². The minimum Gasteiger partial charge on any atom is -0.507 e. The Morgan fingerprint density at radius 3 is 0.761 bits per heavy atom. The number of aromatic hydroxyl groups is 3. The highest BCUT2D eigenvalue weighted by Gasteiger charge is 2.33. The Kier molecular flexibility index (Phi) is 14.4. The van der Waals surface area contributed by atoms with Gasteiger partial charge in [0.1, 0.15) is 17.2 Å². The molecule has 3 N–H and O–H groups in total. The van der Waals surface area contributed by atoms with Crippen LogP contribution >= 0.6 is 0 Å². The number of rotatable bonds is 8. The predicted octanol–water partition coefficient (Wildman–Crippen LogP) is 16.8. The summed E-state index contributed by atoms with van der Waals surface area (Å²) in [5.41, 5.74) is 22.4. The molecule has 0 bridgehead atoms. The van der Waals surface area contributed by atoms with Gasteiger partial charge in [0, 0.05) is 11.1 Å². The first-order valence-electron chi connectivity index (χ1n) is 25.0. The average molecular weight is 907 g/mol. The second kappa shape index (κ2) is 18.1. The molecule has 5 aromatic carbocycles. The Morgan fingerprint density at radius 1 is 0.299 bits per heavy atom. The summed E-state index contributed by atoms with van der Waals surface area (Å²) in [6.45, 7) is 53.2. The van der Waals surface area contributed by atoms with Gasteiger partial charge in [-0.25, -0.2) is 0 Å². The van der Waals surface area contributed by atoms with E-state index in [0.717, 1.165) is 46.2 Å². The Hall–Kier alpha value is -4.50. The molecule has 0 aliphatic rings. The largest absolute Gasteiger partial charge is 0.507 e.